The number of aromatic hydroxyl groups is 2. The molecule has 0 bridgehead atoms. The molecule has 4 nitrogen and oxygen atoms in total. The number of rotatable bonds is 2. The Hall–Kier alpha value is -1.71. The minimum absolute atomic E-state index is 0.000880. The lowest BCUT2D eigenvalue weighted by molar-refractivity contribution is -0.142. The summed E-state index contributed by atoms with van der Waals surface area (Å²) in [4.78, 5) is 10.4. The molecule has 13 heavy (non-hydrogen) atoms. The minimum atomic E-state index is -0.428. The number of esters is 1. The van der Waals surface area contributed by atoms with Crippen LogP contribution in [0.4, 0.5) is 0 Å². The number of hydrogen-bond acceptors (Lipinski definition) is 4. The minimum Gasteiger partial charge on any atom is -0.508 e. The van der Waals surface area contributed by atoms with E-state index in [2.05, 4.69) is 4.74 Å². The zero-order valence-electron chi connectivity index (χ0n) is 7.15. The predicted octanol–water partition coefficient (Wildman–Crippen LogP) is 1.16. The Labute approximate surface area is 75.4 Å². The highest BCUT2D eigenvalue weighted by Gasteiger charge is 2.03. The van der Waals surface area contributed by atoms with Crippen LogP contribution >= 0.6 is 0 Å². The maximum Gasteiger partial charge on any atom is 0.302 e. The van der Waals surface area contributed by atoms with Crippen molar-refractivity contribution in [3.8, 4) is 11.5 Å². The zero-order chi connectivity index (χ0) is 9.84. The lowest BCUT2D eigenvalue weighted by Crippen LogP contribution is -1.98. The second-order valence-corrected chi connectivity index (χ2v) is 2.59. The first-order valence-electron chi connectivity index (χ1n) is 3.74. The van der Waals surface area contributed by atoms with Crippen LogP contribution in [0.1, 0.15) is 12.5 Å². The van der Waals surface area contributed by atoms with Gasteiger partial charge < -0.3 is 14.9 Å². The number of carbonyl (C=O) groups is 1. The van der Waals surface area contributed by atoms with Crippen molar-refractivity contribution in [2.45, 2.75) is 13.5 Å². The van der Waals surface area contributed by atoms with E-state index in [-0.39, 0.29) is 18.1 Å². The number of phenolic OH excluding ortho intramolecular Hbond substituents is 2. The molecule has 0 aliphatic rings. The molecular weight excluding hydrogens is 172 g/mol. The summed E-state index contributed by atoms with van der Waals surface area (Å²) in [5.41, 5.74) is 0.384. The molecule has 0 unspecified atom stereocenters. The van der Waals surface area contributed by atoms with E-state index in [1.165, 1.54) is 25.1 Å². The van der Waals surface area contributed by atoms with E-state index < -0.39 is 5.97 Å². The molecule has 70 valence electrons. The molecule has 1 aromatic rings. The lowest BCUT2D eigenvalue weighted by atomic mass is 10.2. The summed E-state index contributed by atoms with van der Waals surface area (Å²) >= 11 is 0. The van der Waals surface area contributed by atoms with Gasteiger partial charge in [0.15, 0.2) is 0 Å². The maximum absolute atomic E-state index is 10.4. The lowest BCUT2D eigenvalue weighted by Gasteiger charge is -2.04. The van der Waals surface area contributed by atoms with Gasteiger partial charge in [0.05, 0.1) is 0 Å². The highest BCUT2D eigenvalue weighted by molar-refractivity contribution is 5.66. The van der Waals surface area contributed by atoms with E-state index in [0.29, 0.717) is 5.56 Å². The van der Waals surface area contributed by atoms with Crippen LogP contribution in [0.5, 0.6) is 11.5 Å². The fraction of sp³-hybridized carbons (Fsp3) is 0.222. The third-order valence-electron chi connectivity index (χ3n) is 1.49. The smallest absolute Gasteiger partial charge is 0.302 e. The van der Waals surface area contributed by atoms with Gasteiger partial charge in [0.2, 0.25) is 0 Å². The SMILES string of the molecule is CC(=O)OCc1cc(O)ccc1O. The van der Waals surface area contributed by atoms with Crippen LogP contribution in [-0.4, -0.2) is 16.2 Å². The first-order valence-corrected chi connectivity index (χ1v) is 3.74. The van der Waals surface area contributed by atoms with Gasteiger partial charge in [-0.15, -0.1) is 0 Å². The summed E-state index contributed by atoms with van der Waals surface area (Å²) < 4.78 is 4.65. The van der Waals surface area contributed by atoms with E-state index in [4.69, 9.17) is 5.11 Å². The number of ether oxygens (including phenoxy) is 1. The molecule has 0 saturated carbocycles. The third kappa shape index (κ3) is 2.66. The highest BCUT2D eigenvalue weighted by Crippen LogP contribution is 2.22. The van der Waals surface area contributed by atoms with Crippen molar-refractivity contribution >= 4 is 5.97 Å². The normalized spacial score (nSPS) is 9.62. The van der Waals surface area contributed by atoms with Crippen LogP contribution in [0.2, 0.25) is 0 Å². The first-order chi connectivity index (χ1) is 6.09. The summed E-state index contributed by atoms with van der Waals surface area (Å²) in [5.74, 6) is -0.401. The summed E-state index contributed by atoms with van der Waals surface area (Å²) in [5, 5.41) is 18.3. The van der Waals surface area contributed by atoms with E-state index in [9.17, 15) is 9.90 Å². The van der Waals surface area contributed by atoms with Crippen LogP contribution in [0, 0.1) is 0 Å². The van der Waals surface area contributed by atoms with E-state index in [1.54, 1.807) is 0 Å². The van der Waals surface area contributed by atoms with Gasteiger partial charge in [0, 0.05) is 12.5 Å². The van der Waals surface area contributed by atoms with Crippen molar-refractivity contribution in [3.05, 3.63) is 23.8 Å². The molecule has 0 fully saturated rings. The van der Waals surface area contributed by atoms with Crippen molar-refractivity contribution in [2.24, 2.45) is 0 Å². The number of hydrogen-bond donors (Lipinski definition) is 2. The zero-order valence-corrected chi connectivity index (χ0v) is 7.15. The van der Waals surface area contributed by atoms with Crippen LogP contribution in [0.3, 0.4) is 0 Å². The third-order valence-corrected chi connectivity index (χ3v) is 1.49. The Morgan fingerprint density at radius 3 is 2.77 bits per heavy atom. The Kier molecular flexibility index (Phi) is 2.74. The van der Waals surface area contributed by atoms with Crippen molar-refractivity contribution in [2.75, 3.05) is 0 Å². The first kappa shape index (κ1) is 9.38. The molecule has 4 heteroatoms. The fourth-order valence-corrected chi connectivity index (χ4v) is 0.867. The average molecular weight is 182 g/mol. The standard InChI is InChI=1S/C9H10O4/c1-6(10)13-5-7-4-8(11)2-3-9(7)12/h2-4,11-12H,5H2,1H3. The van der Waals surface area contributed by atoms with Gasteiger partial charge in [-0.05, 0) is 18.2 Å². The van der Waals surface area contributed by atoms with Crippen molar-refractivity contribution in [3.63, 3.8) is 0 Å². The topological polar surface area (TPSA) is 66.8 Å². The predicted molar refractivity (Wildman–Crippen MR) is 45.2 cm³/mol. The van der Waals surface area contributed by atoms with Gasteiger partial charge in [0.1, 0.15) is 18.1 Å². The average Bonchev–Trinajstić information content (AvgIpc) is 2.06. The van der Waals surface area contributed by atoms with E-state index in [0.717, 1.165) is 0 Å². The van der Waals surface area contributed by atoms with Crippen molar-refractivity contribution in [1.82, 2.24) is 0 Å². The largest absolute Gasteiger partial charge is 0.508 e. The van der Waals surface area contributed by atoms with Crippen LogP contribution in [0.25, 0.3) is 0 Å². The highest BCUT2D eigenvalue weighted by atomic mass is 16.5. The molecule has 0 amide bonds. The van der Waals surface area contributed by atoms with Crippen LogP contribution < -0.4 is 0 Å². The monoisotopic (exact) mass is 182 g/mol. The van der Waals surface area contributed by atoms with Gasteiger partial charge in [-0.1, -0.05) is 0 Å². The molecule has 1 rings (SSSR count). The van der Waals surface area contributed by atoms with E-state index >= 15 is 0 Å². The molecule has 0 saturated heterocycles. The molecule has 1 aromatic carbocycles. The molecule has 0 heterocycles. The molecule has 0 atom stereocenters. The number of benzene rings is 1. The number of phenols is 2. The van der Waals surface area contributed by atoms with Crippen LogP contribution in [0.15, 0.2) is 18.2 Å². The van der Waals surface area contributed by atoms with E-state index in [1.807, 2.05) is 0 Å². The van der Waals surface area contributed by atoms with Crippen molar-refractivity contribution in [1.29, 1.82) is 0 Å². The molecule has 0 radical (unpaired) electrons. The summed E-state index contributed by atoms with van der Waals surface area (Å²) in [6, 6.07) is 4.04. The molecular formula is C9H10O4. The Morgan fingerprint density at radius 1 is 1.46 bits per heavy atom. The Bertz CT molecular complexity index is 319. The summed E-state index contributed by atoms with van der Waals surface area (Å²) in [7, 11) is 0. The van der Waals surface area contributed by atoms with Gasteiger partial charge in [-0.2, -0.15) is 0 Å². The second-order valence-electron chi connectivity index (χ2n) is 2.59. The maximum atomic E-state index is 10.4. The van der Waals surface area contributed by atoms with Gasteiger partial charge in [-0.3, -0.25) is 4.79 Å². The molecule has 2 N–H and O–H groups in total. The number of carbonyl (C=O) groups excluding carboxylic acids is 1. The van der Waals surface area contributed by atoms with Crippen molar-refractivity contribution < 1.29 is 19.7 Å². The quantitative estimate of drug-likeness (QED) is 0.532. The summed E-state index contributed by atoms with van der Waals surface area (Å²) in [6.45, 7) is 1.25. The molecule has 0 aromatic heterocycles. The fourth-order valence-electron chi connectivity index (χ4n) is 0.867. The Morgan fingerprint density at radius 2 is 2.15 bits per heavy atom. The Balaban J connectivity index is 2.75. The van der Waals surface area contributed by atoms with Gasteiger partial charge >= 0.3 is 5.97 Å². The van der Waals surface area contributed by atoms with Gasteiger partial charge in [0.25, 0.3) is 0 Å². The van der Waals surface area contributed by atoms with Crippen LogP contribution in [-0.2, 0) is 16.1 Å². The molecule has 0 aliphatic heterocycles. The summed E-state index contributed by atoms with van der Waals surface area (Å²) in [6.07, 6.45) is 0. The second kappa shape index (κ2) is 3.80. The molecule has 0 aliphatic carbocycles. The molecule has 0 spiro atoms. The van der Waals surface area contributed by atoms with Gasteiger partial charge in [-0.25, -0.2) is 0 Å².